The minimum absolute atomic E-state index is 0.0123. The van der Waals surface area contributed by atoms with Gasteiger partial charge in [0.25, 0.3) is 0 Å². The van der Waals surface area contributed by atoms with E-state index in [1.54, 1.807) is 4.90 Å². The highest BCUT2D eigenvalue weighted by Crippen LogP contribution is 2.51. The van der Waals surface area contributed by atoms with Crippen LogP contribution in [-0.2, 0) is 4.74 Å². The van der Waals surface area contributed by atoms with Crippen LogP contribution in [0.15, 0.2) is 0 Å². The summed E-state index contributed by atoms with van der Waals surface area (Å²) in [6.45, 7) is 10.4. The minimum atomic E-state index is -0.434. The molecule has 2 bridgehead atoms. The van der Waals surface area contributed by atoms with Crippen LogP contribution in [0.1, 0.15) is 47.5 Å². The molecule has 4 heteroatoms. The first-order valence-corrected chi connectivity index (χ1v) is 6.46. The average Bonchev–Trinajstić information content (AvgIpc) is 2.72. The number of nitrogens with zero attached hydrogens (tertiary/aromatic N) is 1. The monoisotopic (exact) mass is 243 g/mol. The molecule has 1 N–H and O–H groups in total. The number of aliphatic hydroxyl groups excluding tert-OH is 1. The van der Waals surface area contributed by atoms with E-state index in [1.165, 1.54) is 0 Å². The first-order chi connectivity index (χ1) is 7.85. The molecule has 2 aliphatic heterocycles. The number of amides is 1. The van der Waals surface area contributed by atoms with Crippen LogP contribution in [0, 0.1) is 5.41 Å². The Balaban J connectivity index is 0.000000686. The van der Waals surface area contributed by atoms with Crippen molar-refractivity contribution in [2.75, 3.05) is 13.2 Å². The second-order valence-electron chi connectivity index (χ2n) is 5.83. The molecular weight excluding hydrogens is 218 g/mol. The van der Waals surface area contributed by atoms with Crippen molar-refractivity contribution in [2.24, 2.45) is 5.41 Å². The van der Waals surface area contributed by atoms with Crippen molar-refractivity contribution >= 4 is 6.09 Å². The molecule has 100 valence electrons. The van der Waals surface area contributed by atoms with Crippen molar-refractivity contribution in [3.05, 3.63) is 0 Å². The van der Waals surface area contributed by atoms with Crippen molar-refractivity contribution in [2.45, 2.75) is 59.1 Å². The lowest BCUT2D eigenvalue weighted by Gasteiger charge is -2.35. The normalized spacial score (nSPS) is 30.2. The van der Waals surface area contributed by atoms with Gasteiger partial charge in [-0.15, -0.1) is 0 Å². The summed E-state index contributed by atoms with van der Waals surface area (Å²) in [6, 6.07) is 0.298. The Kier molecular flexibility index (Phi) is 4.07. The van der Waals surface area contributed by atoms with E-state index < -0.39 is 5.60 Å². The summed E-state index contributed by atoms with van der Waals surface area (Å²) in [5.41, 5.74) is -0.446. The average molecular weight is 243 g/mol. The molecular formula is C13H25NO3. The fourth-order valence-electron chi connectivity index (χ4n) is 2.49. The largest absolute Gasteiger partial charge is 0.444 e. The highest BCUT2D eigenvalue weighted by atomic mass is 16.6. The van der Waals surface area contributed by atoms with Crippen molar-refractivity contribution in [1.29, 1.82) is 0 Å². The number of ether oxygens (including phenoxy) is 1. The molecule has 0 atom stereocenters. The van der Waals surface area contributed by atoms with Gasteiger partial charge in [-0.3, -0.25) is 0 Å². The van der Waals surface area contributed by atoms with Crippen molar-refractivity contribution in [3.63, 3.8) is 0 Å². The van der Waals surface area contributed by atoms with E-state index >= 15 is 0 Å². The molecule has 1 amide bonds. The zero-order valence-corrected chi connectivity index (χ0v) is 11.6. The van der Waals surface area contributed by atoms with Gasteiger partial charge < -0.3 is 14.7 Å². The van der Waals surface area contributed by atoms with E-state index in [0.717, 1.165) is 12.8 Å². The Labute approximate surface area is 104 Å². The molecule has 3 aliphatic rings. The van der Waals surface area contributed by atoms with Gasteiger partial charge in [0.05, 0.1) is 6.61 Å². The molecule has 3 rings (SSSR count). The molecule has 0 unspecified atom stereocenters. The standard InChI is InChI=1S/C11H19NO3.C2H6/c1-10(2,3)15-9(14)12-6-11(7-13)4-8(12)5-11;1-2/h8,13H,4-7H2,1-3H3;1-2H3. The molecule has 0 aromatic heterocycles. The molecule has 17 heavy (non-hydrogen) atoms. The van der Waals surface area contributed by atoms with Crippen LogP contribution in [0.25, 0.3) is 0 Å². The van der Waals surface area contributed by atoms with Crippen LogP contribution >= 0.6 is 0 Å². The minimum Gasteiger partial charge on any atom is -0.444 e. The number of hydrogen-bond donors (Lipinski definition) is 1. The lowest BCUT2D eigenvalue weighted by Crippen LogP contribution is -2.40. The van der Waals surface area contributed by atoms with Crippen LogP contribution in [0.5, 0.6) is 0 Å². The molecule has 1 aliphatic carbocycles. The third kappa shape index (κ3) is 2.92. The number of rotatable bonds is 1. The molecule has 0 aromatic rings. The molecule has 1 saturated carbocycles. The lowest BCUT2D eigenvalue weighted by atomic mass is 9.71. The first-order valence-electron chi connectivity index (χ1n) is 6.46. The number of carbonyl (C=O) groups excluding carboxylic acids is 1. The van der Waals surface area contributed by atoms with E-state index in [4.69, 9.17) is 4.74 Å². The van der Waals surface area contributed by atoms with Gasteiger partial charge in [-0.1, -0.05) is 13.8 Å². The zero-order valence-electron chi connectivity index (χ0n) is 11.6. The highest BCUT2D eigenvalue weighted by Gasteiger charge is 2.56. The van der Waals surface area contributed by atoms with Crippen LogP contribution < -0.4 is 0 Å². The highest BCUT2D eigenvalue weighted by molar-refractivity contribution is 5.70. The SMILES string of the molecule is CC.CC(C)(C)OC(=O)N1CC2(CO)CC1C2. The number of fused-ring (bicyclic) bond motifs is 1. The van der Waals surface area contributed by atoms with Gasteiger partial charge in [0.1, 0.15) is 5.60 Å². The molecule has 2 heterocycles. The van der Waals surface area contributed by atoms with E-state index in [9.17, 15) is 9.90 Å². The Morgan fingerprint density at radius 3 is 2.29 bits per heavy atom. The second kappa shape index (κ2) is 4.84. The predicted molar refractivity (Wildman–Crippen MR) is 66.8 cm³/mol. The Bertz CT molecular complexity index is 277. The fraction of sp³-hybridized carbons (Fsp3) is 0.923. The third-order valence-electron chi connectivity index (χ3n) is 3.25. The number of aliphatic hydroxyl groups is 1. The van der Waals surface area contributed by atoms with Gasteiger partial charge in [-0.05, 0) is 33.6 Å². The first kappa shape index (κ1) is 14.3. The topological polar surface area (TPSA) is 49.8 Å². The molecule has 3 fully saturated rings. The molecule has 0 spiro atoms. The van der Waals surface area contributed by atoms with E-state index in [1.807, 2.05) is 34.6 Å². The number of carbonyl (C=O) groups is 1. The molecule has 0 radical (unpaired) electrons. The van der Waals surface area contributed by atoms with E-state index in [-0.39, 0.29) is 18.1 Å². The van der Waals surface area contributed by atoms with E-state index in [2.05, 4.69) is 0 Å². The van der Waals surface area contributed by atoms with Gasteiger partial charge >= 0.3 is 6.09 Å². The van der Waals surface area contributed by atoms with Gasteiger partial charge in [0.2, 0.25) is 0 Å². The van der Waals surface area contributed by atoms with Crippen LogP contribution in [-0.4, -0.2) is 40.9 Å². The quantitative estimate of drug-likeness (QED) is 0.769. The van der Waals surface area contributed by atoms with Gasteiger partial charge in [0.15, 0.2) is 0 Å². The van der Waals surface area contributed by atoms with Gasteiger partial charge in [-0.2, -0.15) is 0 Å². The summed E-state index contributed by atoms with van der Waals surface area (Å²) in [7, 11) is 0. The Hall–Kier alpha value is -0.770. The van der Waals surface area contributed by atoms with Crippen LogP contribution in [0.4, 0.5) is 4.79 Å². The summed E-state index contributed by atoms with van der Waals surface area (Å²) < 4.78 is 5.31. The van der Waals surface area contributed by atoms with Crippen LogP contribution in [0.2, 0.25) is 0 Å². The summed E-state index contributed by atoms with van der Waals surface area (Å²) in [6.07, 6.45) is 1.63. The van der Waals surface area contributed by atoms with Gasteiger partial charge in [0, 0.05) is 18.0 Å². The predicted octanol–water partition coefficient (Wildman–Crippen LogP) is 2.40. The van der Waals surface area contributed by atoms with Crippen molar-refractivity contribution in [3.8, 4) is 0 Å². The second-order valence-corrected chi connectivity index (χ2v) is 5.83. The smallest absolute Gasteiger partial charge is 0.410 e. The summed E-state index contributed by atoms with van der Waals surface area (Å²) in [5, 5.41) is 9.22. The summed E-state index contributed by atoms with van der Waals surface area (Å²) in [4.78, 5) is 13.5. The summed E-state index contributed by atoms with van der Waals surface area (Å²) >= 11 is 0. The summed E-state index contributed by atoms with van der Waals surface area (Å²) in [5.74, 6) is 0. The number of hydrogen-bond acceptors (Lipinski definition) is 3. The lowest BCUT2D eigenvalue weighted by molar-refractivity contribution is 0.0238. The zero-order chi connectivity index (χ0) is 13.3. The maximum Gasteiger partial charge on any atom is 0.410 e. The van der Waals surface area contributed by atoms with Crippen molar-refractivity contribution < 1.29 is 14.6 Å². The maximum absolute atomic E-state index is 11.8. The third-order valence-corrected chi connectivity index (χ3v) is 3.25. The van der Waals surface area contributed by atoms with Crippen molar-refractivity contribution in [1.82, 2.24) is 4.90 Å². The Morgan fingerprint density at radius 2 is 1.94 bits per heavy atom. The Morgan fingerprint density at radius 1 is 1.41 bits per heavy atom. The molecule has 0 aromatic carbocycles. The van der Waals surface area contributed by atoms with Gasteiger partial charge in [-0.25, -0.2) is 4.79 Å². The fourth-order valence-corrected chi connectivity index (χ4v) is 2.49. The molecule has 4 nitrogen and oxygen atoms in total. The molecule has 2 saturated heterocycles. The van der Waals surface area contributed by atoms with E-state index in [0.29, 0.717) is 12.6 Å². The van der Waals surface area contributed by atoms with Crippen LogP contribution in [0.3, 0.4) is 0 Å². The maximum atomic E-state index is 11.8.